The van der Waals surface area contributed by atoms with E-state index in [1.54, 1.807) is 39.2 Å². The van der Waals surface area contributed by atoms with E-state index in [1.807, 2.05) is 32.0 Å². The molecular weight excluding hydrogens is 597 g/mol. The minimum Gasteiger partial charge on any atom is -0.496 e. The molecule has 0 saturated carbocycles. The maximum Gasteiger partial charge on any atom is 0.450 e. The van der Waals surface area contributed by atoms with Gasteiger partial charge in [0.1, 0.15) is 11.5 Å². The molecule has 0 atom stereocenters. The van der Waals surface area contributed by atoms with Crippen LogP contribution in [0.4, 0.5) is 13.2 Å². The first kappa shape index (κ1) is 31.0. The van der Waals surface area contributed by atoms with Crippen LogP contribution in [-0.2, 0) is 20.4 Å². The van der Waals surface area contributed by atoms with E-state index in [2.05, 4.69) is 31.9 Å². The number of carbonyl (C=O) groups excluding carboxylic acids is 1. The molecule has 0 aliphatic rings. The van der Waals surface area contributed by atoms with Crippen LogP contribution < -0.4 is 9.47 Å². The molecule has 194 valence electrons. The summed E-state index contributed by atoms with van der Waals surface area (Å²) in [5.74, 6) is -1.37. The molecule has 0 saturated heterocycles. The maximum atomic E-state index is 12.4. The zero-order valence-corrected chi connectivity index (χ0v) is 23.5. The number of carboxylic acid groups (broad SMARTS) is 1. The summed E-state index contributed by atoms with van der Waals surface area (Å²) in [6.45, 7) is 6.96. The Morgan fingerprint density at radius 1 is 0.800 bits per heavy atom. The van der Waals surface area contributed by atoms with E-state index in [9.17, 15) is 22.8 Å². The molecule has 0 spiro atoms. The van der Waals surface area contributed by atoms with Crippen LogP contribution in [0.1, 0.15) is 51.7 Å². The van der Waals surface area contributed by atoms with Gasteiger partial charge in [-0.15, -0.1) is 0 Å². The van der Waals surface area contributed by atoms with Gasteiger partial charge in [-0.05, 0) is 36.4 Å². The molecule has 0 radical (unpaired) electrons. The van der Waals surface area contributed by atoms with Crippen molar-refractivity contribution in [2.24, 2.45) is 0 Å². The molecule has 1 N–H and O–H groups in total. The lowest BCUT2D eigenvalue weighted by Crippen LogP contribution is -2.31. The number of hydrogen-bond acceptors (Lipinski definition) is 4. The molecule has 0 fully saturated rings. The van der Waals surface area contributed by atoms with Crippen LogP contribution in [0.5, 0.6) is 11.5 Å². The Morgan fingerprint density at radius 2 is 1.17 bits per heavy atom. The number of Topliss-reactive ketones (excluding diaryl/α,β-unsaturated/α-hetero) is 1. The number of methoxy groups -OCH3 is 2. The molecular formula is C25H29Br2F3O5. The Labute approximate surface area is 220 Å². The van der Waals surface area contributed by atoms with Gasteiger partial charge in [0.15, 0.2) is 0 Å². The highest BCUT2D eigenvalue weighted by molar-refractivity contribution is 9.10. The van der Waals surface area contributed by atoms with Gasteiger partial charge in [-0.2, -0.15) is 13.2 Å². The smallest absolute Gasteiger partial charge is 0.450 e. The number of rotatable bonds is 8. The van der Waals surface area contributed by atoms with Crippen LogP contribution in [0.2, 0.25) is 0 Å². The second kappa shape index (κ2) is 12.3. The third kappa shape index (κ3) is 9.14. The summed E-state index contributed by atoms with van der Waals surface area (Å²) in [6.07, 6.45) is -5.36. The number of benzene rings is 2. The third-order valence-corrected chi connectivity index (χ3v) is 6.28. The molecule has 0 aromatic heterocycles. The van der Waals surface area contributed by atoms with E-state index < -0.39 is 35.2 Å². The molecule has 0 aliphatic heterocycles. The summed E-state index contributed by atoms with van der Waals surface area (Å²) < 4.78 is 49.1. The lowest BCUT2D eigenvalue weighted by atomic mass is 9.79. The predicted molar refractivity (Wildman–Crippen MR) is 135 cm³/mol. The van der Waals surface area contributed by atoms with Crippen LogP contribution in [0.25, 0.3) is 0 Å². The Balaban J connectivity index is 0.000000355. The van der Waals surface area contributed by atoms with Crippen molar-refractivity contribution in [1.82, 2.24) is 0 Å². The summed E-state index contributed by atoms with van der Waals surface area (Å²) in [5.41, 5.74) is 0.0247. The summed E-state index contributed by atoms with van der Waals surface area (Å²) in [5, 5.41) is 8.89. The van der Waals surface area contributed by atoms with Gasteiger partial charge in [-0.1, -0.05) is 59.6 Å². The number of carbonyl (C=O) groups is 2. The van der Waals surface area contributed by atoms with Crippen molar-refractivity contribution in [2.75, 3.05) is 14.2 Å². The van der Waals surface area contributed by atoms with Gasteiger partial charge < -0.3 is 14.6 Å². The highest BCUT2D eigenvalue weighted by Crippen LogP contribution is 2.38. The highest BCUT2D eigenvalue weighted by Gasteiger charge is 2.42. The molecule has 0 bridgehead atoms. The fraction of sp³-hybridized carbons (Fsp3) is 0.440. The Bertz CT molecular complexity index is 1050. The predicted octanol–water partition coefficient (Wildman–Crippen LogP) is 7.47. The van der Waals surface area contributed by atoms with Gasteiger partial charge in [0, 0.05) is 37.3 Å². The lowest BCUT2D eigenvalue weighted by molar-refractivity contribution is -0.172. The maximum absolute atomic E-state index is 12.4. The first-order chi connectivity index (χ1) is 15.9. The largest absolute Gasteiger partial charge is 0.496 e. The van der Waals surface area contributed by atoms with Crippen molar-refractivity contribution in [3.63, 3.8) is 0 Å². The fourth-order valence-corrected chi connectivity index (χ4v) is 4.21. The number of alkyl halides is 3. The number of halogens is 5. The molecule has 2 rings (SSSR count). The lowest BCUT2D eigenvalue weighted by Gasteiger charge is -2.27. The molecule has 0 aliphatic carbocycles. The van der Waals surface area contributed by atoms with E-state index in [1.165, 1.54) is 7.11 Å². The normalized spacial score (nSPS) is 11.9. The molecule has 35 heavy (non-hydrogen) atoms. The number of carboxylic acids is 1. The molecule has 0 amide bonds. The molecule has 2 aromatic carbocycles. The van der Waals surface area contributed by atoms with Crippen molar-refractivity contribution in [2.45, 2.75) is 57.5 Å². The Morgan fingerprint density at radius 3 is 1.49 bits per heavy atom. The monoisotopic (exact) mass is 624 g/mol. The topological polar surface area (TPSA) is 72.8 Å². The van der Waals surface area contributed by atoms with Crippen molar-refractivity contribution >= 4 is 43.6 Å². The number of hydrogen-bond donors (Lipinski definition) is 1. The van der Waals surface area contributed by atoms with E-state index in [0.29, 0.717) is 11.3 Å². The summed E-state index contributed by atoms with van der Waals surface area (Å²) in [7, 11) is 3.03. The summed E-state index contributed by atoms with van der Waals surface area (Å²) >= 11 is 6.64. The molecule has 2 aromatic rings. The SMILES string of the molecule is COc1ccc(Br)cc1C(C)(C)CC(=O)C(F)(F)F.COc1ccc(Br)cc1C(C)(C)CC(=O)O. The average molecular weight is 626 g/mol. The first-order valence-corrected chi connectivity index (χ1v) is 12.0. The number of aliphatic carboxylic acids is 1. The molecule has 10 heteroatoms. The van der Waals surface area contributed by atoms with E-state index in [-0.39, 0.29) is 6.42 Å². The van der Waals surface area contributed by atoms with Crippen LogP contribution in [0, 0.1) is 0 Å². The summed E-state index contributed by atoms with van der Waals surface area (Å²) in [4.78, 5) is 22.0. The third-order valence-electron chi connectivity index (χ3n) is 5.29. The molecule has 5 nitrogen and oxygen atoms in total. The zero-order valence-electron chi connectivity index (χ0n) is 20.3. The van der Waals surface area contributed by atoms with Gasteiger partial charge in [0.2, 0.25) is 5.78 Å². The second-order valence-corrected chi connectivity index (χ2v) is 11.0. The van der Waals surface area contributed by atoms with Crippen molar-refractivity contribution in [1.29, 1.82) is 0 Å². The second-order valence-electron chi connectivity index (χ2n) is 9.13. The van der Waals surface area contributed by atoms with Crippen molar-refractivity contribution < 1.29 is 37.3 Å². The molecule has 0 unspecified atom stereocenters. The van der Waals surface area contributed by atoms with Gasteiger partial charge in [-0.25, -0.2) is 0 Å². The summed E-state index contributed by atoms with van der Waals surface area (Å²) in [6, 6.07) is 10.7. The van der Waals surface area contributed by atoms with Gasteiger partial charge in [0.25, 0.3) is 0 Å². The Hall–Kier alpha value is -2.07. The van der Waals surface area contributed by atoms with Crippen LogP contribution in [0.3, 0.4) is 0 Å². The minimum absolute atomic E-state index is 0.0693. The fourth-order valence-electron chi connectivity index (χ4n) is 3.49. The zero-order chi connectivity index (χ0) is 27.2. The van der Waals surface area contributed by atoms with Crippen LogP contribution in [0.15, 0.2) is 45.3 Å². The quantitative estimate of drug-likeness (QED) is 0.329. The van der Waals surface area contributed by atoms with E-state index in [0.717, 1.165) is 20.3 Å². The van der Waals surface area contributed by atoms with Crippen molar-refractivity contribution in [3.8, 4) is 11.5 Å². The number of ether oxygens (including phenoxy) is 2. The van der Waals surface area contributed by atoms with E-state index >= 15 is 0 Å². The van der Waals surface area contributed by atoms with Crippen LogP contribution >= 0.6 is 31.9 Å². The average Bonchev–Trinajstić information content (AvgIpc) is 2.72. The van der Waals surface area contributed by atoms with Crippen molar-refractivity contribution in [3.05, 3.63) is 56.5 Å². The number of ketones is 1. The highest BCUT2D eigenvalue weighted by atomic mass is 79.9. The Kier molecular flexibility index (Phi) is 10.8. The van der Waals surface area contributed by atoms with E-state index in [4.69, 9.17) is 14.6 Å². The van der Waals surface area contributed by atoms with Crippen LogP contribution in [-0.4, -0.2) is 37.3 Å². The van der Waals surface area contributed by atoms with Gasteiger partial charge in [-0.3, -0.25) is 9.59 Å². The van der Waals surface area contributed by atoms with Gasteiger partial charge >= 0.3 is 12.1 Å². The standard InChI is InChI=1S/C13H14BrF3O2.C12H15BrO3/c1-12(2,7-11(18)13(15,16)17)9-6-8(14)4-5-10(9)19-3;1-12(2,7-11(14)15)9-6-8(13)4-5-10(9)16-3/h4-6H,7H2,1-3H3;4-6H,7H2,1-3H3,(H,14,15). The minimum atomic E-state index is -4.81. The first-order valence-electron chi connectivity index (χ1n) is 10.4. The molecule has 0 heterocycles. The van der Waals surface area contributed by atoms with Gasteiger partial charge in [0.05, 0.1) is 20.6 Å².